The molecule has 0 aliphatic carbocycles. The lowest BCUT2D eigenvalue weighted by molar-refractivity contribution is -0.386. The second-order valence-electron chi connectivity index (χ2n) is 4.37. The van der Waals surface area contributed by atoms with Crippen molar-refractivity contribution in [3.8, 4) is 5.75 Å². The minimum atomic E-state index is -0.443. The van der Waals surface area contributed by atoms with Crippen LogP contribution in [-0.2, 0) is 20.2 Å². The Morgan fingerprint density at radius 3 is 2.90 bits per heavy atom. The summed E-state index contributed by atoms with van der Waals surface area (Å²) < 4.78 is 7.39. The first-order valence-corrected chi connectivity index (χ1v) is 6.11. The average molecular weight is 276 g/mol. The largest absolute Gasteiger partial charge is 0.480 e. The molecule has 1 N–H and O–H groups in total. The van der Waals surface area contributed by atoms with Gasteiger partial charge in [0.2, 0.25) is 0 Å². The van der Waals surface area contributed by atoms with Crippen molar-refractivity contribution in [3.63, 3.8) is 0 Å². The molecule has 0 fully saturated rings. The number of aromatic nitrogens is 2. The number of benzene rings is 1. The first-order valence-electron chi connectivity index (χ1n) is 6.11. The van der Waals surface area contributed by atoms with Crippen molar-refractivity contribution in [1.82, 2.24) is 14.9 Å². The molecule has 0 bridgehead atoms. The average Bonchev–Trinajstić information content (AvgIpc) is 2.82. The van der Waals surface area contributed by atoms with Gasteiger partial charge >= 0.3 is 5.69 Å². The van der Waals surface area contributed by atoms with Crippen LogP contribution in [-0.4, -0.2) is 21.5 Å². The van der Waals surface area contributed by atoms with E-state index >= 15 is 0 Å². The SMILES string of the molecule is CNCc1ccc([N+](=O)[O-])c(OCc2cncn2C)c1. The third-order valence-corrected chi connectivity index (χ3v) is 2.89. The fourth-order valence-corrected chi connectivity index (χ4v) is 1.81. The van der Waals surface area contributed by atoms with Gasteiger partial charge in [0.25, 0.3) is 0 Å². The second kappa shape index (κ2) is 6.16. The number of hydrogen-bond donors (Lipinski definition) is 1. The van der Waals surface area contributed by atoms with Crippen molar-refractivity contribution >= 4 is 5.69 Å². The highest BCUT2D eigenvalue weighted by atomic mass is 16.6. The van der Waals surface area contributed by atoms with E-state index in [1.807, 2.05) is 18.7 Å². The van der Waals surface area contributed by atoms with Gasteiger partial charge in [-0.3, -0.25) is 10.1 Å². The van der Waals surface area contributed by atoms with E-state index in [1.165, 1.54) is 6.07 Å². The van der Waals surface area contributed by atoms with E-state index in [4.69, 9.17) is 4.74 Å². The lowest BCUT2D eigenvalue weighted by Crippen LogP contribution is -2.07. The van der Waals surface area contributed by atoms with E-state index in [-0.39, 0.29) is 18.0 Å². The predicted molar refractivity (Wildman–Crippen MR) is 73.4 cm³/mol. The molecule has 0 aliphatic heterocycles. The van der Waals surface area contributed by atoms with Crippen LogP contribution in [0.15, 0.2) is 30.7 Å². The zero-order chi connectivity index (χ0) is 14.5. The van der Waals surface area contributed by atoms with Gasteiger partial charge in [0.1, 0.15) is 6.61 Å². The quantitative estimate of drug-likeness (QED) is 0.640. The van der Waals surface area contributed by atoms with Gasteiger partial charge in [-0.1, -0.05) is 6.07 Å². The summed E-state index contributed by atoms with van der Waals surface area (Å²) in [5.74, 6) is 0.268. The Balaban J connectivity index is 2.21. The number of imidazole rings is 1. The second-order valence-corrected chi connectivity index (χ2v) is 4.37. The molecule has 0 amide bonds. The monoisotopic (exact) mass is 276 g/mol. The van der Waals surface area contributed by atoms with Gasteiger partial charge in [0.15, 0.2) is 5.75 Å². The number of aryl methyl sites for hydroxylation is 1. The zero-order valence-corrected chi connectivity index (χ0v) is 11.4. The van der Waals surface area contributed by atoms with E-state index in [2.05, 4.69) is 10.3 Å². The molecule has 0 aliphatic rings. The lowest BCUT2D eigenvalue weighted by Gasteiger charge is -2.09. The van der Waals surface area contributed by atoms with Crippen molar-refractivity contribution in [2.45, 2.75) is 13.2 Å². The molecular formula is C13H16N4O3. The fraction of sp³-hybridized carbons (Fsp3) is 0.308. The van der Waals surface area contributed by atoms with Gasteiger partial charge in [0, 0.05) is 19.7 Å². The van der Waals surface area contributed by atoms with Crippen LogP contribution in [0.4, 0.5) is 5.69 Å². The van der Waals surface area contributed by atoms with Crippen molar-refractivity contribution in [2.24, 2.45) is 7.05 Å². The Morgan fingerprint density at radius 2 is 2.30 bits per heavy atom. The topological polar surface area (TPSA) is 82.2 Å². The minimum Gasteiger partial charge on any atom is -0.480 e. The molecule has 1 aromatic heterocycles. The maximum atomic E-state index is 11.0. The zero-order valence-electron chi connectivity index (χ0n) is 11.4. The Hall–Kier alpha value is -2.41. The molecule has 1 heterocycles. The van der Waals surface area contributed by atoms with Gasteiger partial charge in [-0.2, -0.15) is 0 Å². The summed E-state index contributed by atoms with van der Waals surface area (Å²) >= 11 is 0. The third-order valence-electron chi connectivity index (χ3n) is 2.89. The Bertz CT molecular complexity index is 609. The van der Waals surface area contributed by atoms with Crippen LogP contribution in [0.25, 0.3) is 0 Å². The van der Waals surface area contributed by atoms with Gasteiger partial charge < -0.3 is 14.6 Å². The van der Waals surface area contributed by atoms with Crippen molar-refractivity contribution < 1.29 is 9.66 Å². The minimum absolute atomic E-state index is 0.0352. The van der Waals surface area contributed by atoms with Gasteiger partial charge in [-0.15, -0.1) is 0 Å². The highest BCUT2D eigenvalue weighted by Crippen LogP contribution is 2.28. The van der Waals surface area contributed by atoms with Crippen molar-refractivity contribution in [2.75, 3.05) is 7.05 Å². The van der Waals surface area contributed by atoms with Crippen molar-refractivity contribution in [3.05, 3.63) is 52.1 Å². The van der Waals surface area contributed by atoms with Crippen molar-refractivity contribution in [1.29, 1.82) is 0 Å². The summed E-state index contributed by atoms with van der Waals surface area (Å²) in [7, 11) is 3.66. The van der Waals surface area contributed by atoms with Gasteiger partial charge in [-0.25, -0.2) is 4.98 Å². The summed E-state index contributed by atoms with van der Waals surface area (Å²) in [6, 6.07) is 4.86. The number of hydrogen-bond acceptors (Lipinski definition) is 5. The molecule has 20 heavy (non-hydrogen) atoms. The number of nitro benzene ring substituents is 1. The number of ether oxygens (including phenoxy) is 1. The van der Waals surface area contributed by atoms with Crippen LogP contribution >= 0.6 is 0 Å². The summed E-state index contributed by atoms with van der Waals surface area (Å²) in [6.45, 7) is 0.862. The molecule has 0 unspecified atom stereocenters. The molecular weight excluding hydrogens is 260 g/mol. The van der Waals surface area contributed by atoms with Crippen LogP contribution in [0.2, 0.25) is 0 Å². The maximum absolute atomic E-state index is 11.0. The fourth-order valence-electron chi connectivity index (χ4n) is 1.81. The number of rotatable bonds is 6. The standard InChI is InChI=1S/C13H16N4O3/c1-14-6-10-3-4-12(17(18)19)13(5-10)20-8-11-7-15-9-16(11)2/h3-5,7,9,14H,6,8H2,1-2H3. The Labute approximate surface area is 116 Å². The van der Waals surface area contributed by atoms with Gasteiger partial charge in [-0.05, 0) is 18.7 Å². The first-order chi connectivity index (χ1) is 9.61. The van der Waals surface area contributed by atoms with Gasteiger partial charge in [0.05, 0.1) is 23.1 Å². The molecule has 106 valence electrons. The van der Waals surface area contributed by atoms with Crippen LogP contribution in [0.1, 0.15) is 11.3 Å². The number of nitrogens with one attached hydrogen (secondary N) is 1. The highest BCUT2D eigenvalue weighted by Gasteiger charge is 2.16. The first kappa shape index (κ1) is 14.0. The molecule has 7 heteroatoms. The van der Waals surface area contributed by atoms with Crippen LogP contribution < -0.4 is 10.1 Å². The van der Waals surface area contributed by atoms with E-state index < -0.39 is 4.92 Å². The Kier molecular flexibility index (Phi) is 4.31. The van der Waals surface area contributed by atoms with Crippen LogP contribution in [0.3, 0.4) is 0 Å². The molecule has 2 aromatic rings. The van der Waals surface area contributed by atoms with E-state index in [0.717, 1.165) is 11.3 Å². The molecule has 7 nitrogen and oxygen atoms in total. The van der Waals surface area contributed by atoms with E-state index in [0.29, 0.717) is 6.54 Å². The number of nitrogens with zero attached hydrogens (tertiary/aromatic N) is 3. The molecule has 0 spiro atoms. The Morgan fingerprint density at radius 1 is 1.50 bits per heavy atom. The number of nitro groups is 1. The summed E-state index contributed by atoms with van der Waals surface area (Å²) in [5, 5.41) is 14.0. The van der Waals surface area contributed by atoms with E-state index in [9.17, 15) is 10.1 Å². The molecule has 2 rings (SSSR count). The molecule has 0 saturated carbocycles. The molecule has 0 saturated heterocycles. The summed E-state index contributed by atoms with van der Waals surface area (Å²) in [6.07, 6.45) is 3.33. The molecule has 0 radical (unpaired) electrons. The summed E-state index contributed by atoms with van der Waals surface area (Å²) in [5.41, 5.74) is 1.74. The molecule has 0 atom stereocenters. The lowest BCUT2D eigenvalue weighted by atomic mass is 10.2. The smallest absolute Gasteiger partial charge is 0.310 e. The summed E-state index contributed by atoms with van der Waals surface area (Å²) in [4.78, 5) is 14.5. The highest BCUT2D eigenvalue weighted by molar-refractivity contribution is 5.48. The third kappa shape index (κ3) is 3.12. The predicted octanol–water partition coefficient (Wildman–Crippen LogP) is 1.63. The maximum Gasteiger partial charge on any atom is 0.310 e. The van der Waals surface area contributed by atoms with Crippen LogP contribution in [0.5, 0.6) is 5.75 Å². The van der Waals surface area contributed by atoms with Crippen LogP contribution in [0, 0.1) is 10.1 Å². The normalized spacial score (nSPS) is 10.5. The molecule has 1 aromatic carbocycles. The van der Waals surface area contributed by atoms with E-state index in [1.54, 1.807) is 24.7 Å².